The molecule has 6 rings (SSSR count). The van der Waals surface area contributed by atoms with Gasteiger partial charge < -0.3 is 14.4 Å². The van der Waals surface area contributed by atoms with Gasteiger partial charge in [0.25, 0.3) is 5.91 Å². The molecule has 2 aliphatic rings. The molecule has 3 heterocycles. The van der Waals surface area contributed by atoms with Crippen LogP contribution in [0.5, 0.6) is 0 Å². The van der Waals surface area contributed by atoms with Crippen LogP contribution < -0.4 is 4.90 Å². The maximum absolute atomic E-state index is 14.7. The van der Waals surface area contributed by atoms with E-state index in [0.717, 1.165) is 68.7 Å². The average molecular weight is 615 g/mol. The average Bonchev–Trinajstić information content (AvgIpc) is 3.42. The molecule has 1 saturated heterocycles. The summed E-state index contributed by atoms with van der Waals surface area (Å²) in [5, 5.41) is 0. The molecule has 1 atom stereocenters. The van der Waals surface area contributed by atoms with Crippen LogP contribution in [0.4, 0.5) is 18.9 Å². The number of anilines is 1. The second-order valence-electron chi connectivity index (χ2n) is 12.3. The monoisotopic (exact) mass is 614 g/mol. The minimum Gasteiger partial charge on any atom is -0.336 e. The van der Waals surface area contributed by atoms with Gasteiger partial charge in [-0.25, -0.2) is 0 Å². The van der Waals surface area contributed by atoms with Crippen LogP contribution in [0.1, 0.15) is 45.3 Å². The summed E-state index contributed by atoms with van der Waals surface area (Å²) in [5.41, 5.74) is 3.77. The van der Waals surface area contributed by atoms with Crippen molar-refractivity contribution < 1.29 is 18.0 Å². The number of halogens is 3. The Morgan fingerprint density at radius 2 is 1.67 bits per heavy atom. The molecule has 0 saturated carbocycles. The van der Waals surface area contributed by atoms with E-state index in [-0.39, 0.29) is 17.6 Å². The summed E-state index contributed by atoms with van der Waals surface area (Å²) in [4.78, 5) is 23.6. The summed E-state index contributed by atoms with van der Waals surface area (Å²) in [6, 6.07) is 22.5. The molecule has 1 unspecified atom stereocenters. The standard InChI is InChI=1S/C36H39F3N5O/c1-26-24-27(15-16-29(26)30-11-5-6-12-31(30)36(37,38)39)35(45)44-32-13-7-4-10-28(32)25-43-19-8-14-33(43)34(44)42-22-20-41(21-23-42)18-9-17-40(2)3/h4-8,10-16,24,34H,9,17-18,20-23,25H2,1-3H3. The Bertz CT molecular complexity index is 1650. The fourth-order valence-corrected chi connectivity index (χ4v) is 6.67. The lowest BCUT2D eigenvalue weighted by molar-refractivity contribution is -0.137. The summed E-state index contributed by atoms with van der Waals surface area (Å²) in [6.07, 6.45) is -0.385. The summed E-state index contributed by atoms with van der Waals surface area (Å²) in [6.45, 7) is 7.86. The highest BCUT2D eigenvalue weighted by Gasteiger charge is 2.39. The minimum atomic E-state index is -4.48. The number of rotatable bonds is 7. The number of para-hydroxylation sites is 1. The molecule has 2 aliphatic heterocycles. The molecule has 0 aliphatic carbocycles. The molecule has 4 aromatic rings. The first-order valence-corrected chi connectivity index (χ1v) is 15.5. The number of hydrogen-bond donors (Lipinski definition) is 0. The predicted molar refractivity (Wildman–Crippen MR) is 171 cm³/mol. The summed E-state index contributed by atoms with van der Waals surface area (Å²) < 4.78 is 43.7. The molecule has 1 aromatic heterocycles. The molecule has 6 nitrogen and oxygen atoms in total. The van der Waals surface area contributed by atoms with Crippen LogP contribution in [-0.4, -0.2) is 78.5 Å². The minimum absolute atomic E-state index is 0.108. The third-order valence-electron chi connectivity index (χ3n) is 8.93. The Morgan fingerprint density at radius 3 is 2.40 bits per heavy atom. The van der Waals surface area contributed by atoms with Crippen LogP contribution in [0.15, 0.2) is 78.9 Å². The largest absolute Gasteiger partial charge is 0.417 e. The first-order valence-electron chi connectivity index (χ1n) is 15.5. The highest BCUT2D eigenvalue weighted by atomic mass is 19.4. The Kier molecular flexibility index (Phi) is 8.86. The number of carbonyl (C=O) groups is 1. The number of piperazine rings is 1. The Balaban J connectivity index is 1.36. The number of benzene rings is 3. The van der Waals surface area contributed by atoms with E-state index in [1.165, 1.54) is 12.1 Å². The van der Waals surface area contributed by atoms with Gasteiger partial charge in [-0.05, 0) is 99.2 Å². The Labute approximate surface area is 263 Å². The van der Waals surface area contributed by atoms with Gasteiger partial charge in [0, 0.05) is 31.7 Å². The normalized spacial score (nSPS) is 17.7. The molecule has 3 aromatic carbocycles. The highest BCUT2D eigenvalue weighted by Crippen LogP contribution is 2.40. The second kappa shape index (κ2) is 12.8. The first-order chi connectivity index (χ1) is 21.6. The number of aryl methyl sites for hydroxylation is 1. The second-order valence-corrected chi connectivity index (χ2v) is 12.3. The molecule has 0 N–H and O–H groups in total. The smallest absolute Gasteiger partial charge is 0.336 e. The van der Waals surface area contributed by atoms with Crippen LogP contribution in [0.25, 0.3) is 11.1 Å². The molecule has 45 heavy (non-hydrogen) atoms. The first kappa shape index (κ1) is 31.1. The summed E-state index contributed by atoms with van der Waals surface area (Å²) >= 11 is 0. The van der Waals surface area contributed by atoms with Gasteiger partial charge >= 0.3 is 6.18 Å². The van der Waals surface area contributed by atoms with Crippen LogP contribution >= 0.6 is 0 Å². The van der Waals surface area contributed by atoms with E-state index in [1.807, 2.05) is 41.3 Å². The molecular weight excluding hydrogens is 575 g/mol. The van der Waals surface area contributed by atoms with E-state index >= 15 is 0 Å². The fraction of sp³-hybridized carbons (Fsp3) is 0.361. The highest BCUT2D eigenvalue weighted by molar-refractivity contribution is 6.07. The number of fused-ring (bicyclic) bond motifs is 2. The van der Waals surface area contributed by atoms with Crippen molar-refractivity contribution in [3.8, 4) is 11.1 Å². The molecule has 1 amide bonds. The van der Waals surface area contributed by atoms with Gasteiger partial charge in [-0.3, -0.25) is 14.6 Å². The zero-order valence-corrected chi connectivity index (χ0v) is 26.0. The zero-order chi connectivity index (χ0) is 31.7. The van der Waals surface area contributed by atoms with Crippen LogP contribution in [0.2, 0.25) is 0 Å². The van der Waals surface area contributed by atoms with Crippen molar-refractivity contribution in [2.24, 2.45) is 0 Å². The van der Waals surface area contributed by atoms with Gasteiger partial charge in [0.1, 0.15) is 6.17 Å². The van der Waals surface area contributed by atoms with Gasteiger partial charge in [-0.2, -0.15) is 13.2 Å². The van der Waals surface area contributed by atoms with Crippen molar-refractivity contribution in [2.45, 2.75) is 32.2 Å². The Morgan fingerprint density at radius 1 is 0.933 bits per heavy atom. The van der Waals surface area contributed by atoms with Gasteiger partial charge in [0.2, 0.25) is 0 Å². The summed E-state index contributed by atoms with van der Waals surface area (Å²) in [5.74, 6) is -0.186. The van der Waals surface area contributed by atoms with Crippen molar-refractivity contribution in [1.82, 2.24) is 19.3 Å². The molecule has 1 fully saturated rings. The van der Waals surface area contributed by atoms with Gasteiger partial charge in [-0.15, -0.1) is 0 Å². The molecule has 0 bridgehead atoms. The molecule has 0 spiro atoms. The number of carbonyl (C=O) groups excluding carboxylic acids is 1. The van der Waals surface area contributed by atoms with E-state index < -0.39 is 11.7 Å². The van der Waals surface area contributed by atoms with E-state index in [9.17, 15) is 18.0 Å². The van der Waals surface area contributed by atoms with E-state index in [1.54, 1.807) is 31.2 Å². The van der Waals surface area contributed by atoms with Crippen molar-refractivity contribution >= 4 is 11.6 Å². The molecular formula is C36H39F3N5O. The van der Waals surface area contributed by atoms with E-state index in [0.29, 0.717) is 23.2 Å². The zero-order valence-electron chi connectivity index (χ0n) is 26.0. The van der Waals surface area contributed by atoms with Gasteiger partial charge in [0.15, 0.2) is 0 Å². The van der Waals surface area contributed by atoms with Gasteiger partial charge in [-0.1, -0.05) is 42.5 Å². The maximum atomic E-state index is 14.7. The van der Waals surface area contributed by atoms with Crippen molar-refractivity contribution in [3.63, 3.8) is 0 Å². The predicted octanol–water partition coefficient (Wildman–Crippen LogP) is 6.56. The van der Waals surface area contributed by atoms with Crippen LogP contribution in [-0.2, 0) is 12.7 Å². The lowest BCUT2D eigenvalue weighted by Gasteiger charge is -2.43. The SMILES string of the molecule is Cc1cc(C(=O)N2c3ccccc3Cn3[c]ccc3C2N2CCN(CCCN(C)C)CC2)ccc1-c1ccccc1C(F)(F)F. The number of amides is 1. The molecule has 9 heteroatoms. The Hall–Kier alpha value is -3.92. The number of nitrogens with zero attached hydrogens (tertiary/aromatic N) is 5. The molecule has 235 valence electrons. The van der Waals surface area contributed by atoms with Gasteiger partial charge in [0.05, 0.1) is 29.7 Å². The fourth-order valence-electron chi connectivity index (χ4n) is 6.67. The lowest BCUT2D eigenvalue weighted by Crippen LogP contribution is -2.53. The molecule has 1 radical (unpaired) electrons. The van der Waals surface area contributed by atoms with Crippen LogP contribution in [0, 0.1) is 13.1 Å². The number of hydrogen-bond acceptors (Lipinski definition) is 4. The van der Waals surface area contributed by atoms with Crippen molar-refractivity contribution in [3.05, 3.63) is 113 Å². The van der Waals surface area contributed by atoms with E-state index in [2.05, 4.69) is 39.6 Å². The van der Waals surface area contributed by atoms with Crippen molar-refractivity contribution in [2.75, 3.05) is 58.3 Å². The third-order valence-corrected chi connectivity index (χ3v) is 8.93. The third kappa shape index (κ3) is 6.43. The van der Waals surface area contributed by atoms with E-state index in [4.69, 9.17) is 0 Å². The summed E-state index contributed by atoms with van der Waals surface area (Å²) in [7, 11) is 4.19. The van der Waals surface area contributed by atoms with Crippen LogP contribution in [0.3, 0.4) is 0 Å². The van der Waals surface area contributed by atoms with Crippen molar-refractivity contribution in [1.29, 1.82) is 0 Å². The lowest BCUT2D eigenvalue weighted by atomic mass is 9.94. The topological polar surface area (TPSA) is 35.0 Å². The quantitative estimate of drug-likeness (QED) is 0.236. The maximum Gasteiger partial charge on any atom is 0.417 e. The number of aromatic nitrogens is 1. The number of alkyl halides is 3.